The lowest BCUT2D eigenvalue weighted by Gasteiger charge is -2.07. The summed E-state index contributed by atoms with van der Waals surface area (Å²) in [6, 6.07) is 1.49. The zero-order chi connectivity index (χ0) is 14.3. The summed E-state index contributed by atoms with van der Waals surface area (Å²) in [5.74, 6) is 0.223. The first kappa shape index (κ1) is 13.9. The molecule has 0 aliphatic heterocycles. The third kappa shape index (κ3) is 3.17. The SMILES string of the molecule is O=C(OCCC1CC1)c1cc(S(=O)(=O)Cl)cn1C1CC1. The zero-order valence-electron chi connectivity index (χ0n) is 10.9. The van der Waals surface area contributed by atoms with Crippen molar-refractivity contribution >= 4 is 25.7 Å². The smallest absolute Gasteiger partial charge is 0.354 e. The Labute approximate surface area is 122 Å². The van der Waals surface area contributed by atoms with Crippen molar-refractivity contribution in [1.29, 1.82) is 0 Å². The van der Waals surface area contributed by atoms with Gasteiger partial charge in [-0.3, -0.25) is 0 Å². The van der Waals surface area contributed by atoms with Crippen LogP contribution in [0.2, 0.25) is 0 Å². The molecule has 20 heavy (non-hydrogen) atoms. The number of carbonyl (C=O) groups excluding carboxylic acids is 1. The van der Waals surface area contributed by atoms with Crippen LogP contribution in [0.25, 0.3) is 0 Å². The molecule has 1 aromatic heterocycles. The topological polar surface area (TPSA) is 65.4 Å². The average Bonchev–Trinajstić information content (AvgIpc) is 3.28. The summed E-state index contributed by atoms with van der Waals surface area (Å²) in [5, 5.41) is 0. The Hall–Kier alpha value is -1.01. The van der Waals surface area contributed by atoms with Crippen molar-refractivity contribution in [3.05, 3.63) is 18.0 Å². The van der Waals surface area contributed by atoms with Crippen molar-refractivity contribution in [2.45, 2.75) is 43.0 Å². The molecule has 1 aromatic rings. The minimum atomic E-state index is -3.82. The number of aromatic nitrogens is 1. The van der Waals surface area contributed by atoms with Gasteiger partial charge < -0.3 is 9.30 Å². The van der Waals surface area contributed by atoms with Crippen LogP contribution in [0, 0.1) is 5.92 Å². The summed E-state index contributed by atoms with van der Waals surface area (Å²) in [4.78, 5) is 12.0. The van der Waals surface area contributed by atoms with E-state index in [1.54, 1.807) is 4.57 Å². The summed E-state index contributed by atoms with van der Waals surface area (Å²) in [7, 11) is 1.51. The van der Waals surface area contributed by atoms with Crippen molar-refractivity contribution in [1.82, 2.24) is 4.57 Å². The standard InChI is InChI=1S/C13H16ClNO4S/c14-20(17,18)11-7-12(15(8-11)10-3-4-10)13(16)19-6-5-9-1-2-9/h7-10H,1-6H2. The highest BCUT2D eigenvalue weighted by atomic mass is 35.7. The third-order valence-electron chi connectivity index (χ3n) is 3.71. The van der Waals surface area contributed by atoms with Crippen molar-refractivity contribution < 1.29 is 17.9 Å². The van der Waals surface area contributed by atoms with Crippen LogP contribution in [0.4, 0.5) is 0 Å². The summed E-state index contributed by atoms with van der Waals surface area (Å²) in [6.45, 7) is 0.391. The van der Waals surface area contributed by atoms with Gasteiger partial charge in [-0.1, -0.05) is 12.8 Å². The third-order valence-corrected chi connectivity index (χ3v) is 5.03. The Morgan fingerprint density at radius 1 is 1.35 bits per heavy atom. The molecule has 0 radical (unpaired) electrons. The molecule has 7 heteroatoms. The quantitative estimate of drug-likeness (QED) is 0.597. The number of hydrogen-bond donors (Lipinski definition) is 0. The normalized spacial score (nSPS) is 19.1. The van der Waals surface area contributed by atoms with Crippen LogP contribution in [0.1, 0.15) is 48.6 Å². The number of carbonyl (C=O) groups is 1. The van der Waals surface area contributed by atoms with Gasteiger partial charge in [0.15, 0.2) is 0 Å². The molecule has 0 amide bonds. The summed E-state index contributed by atoms with van der Waals surface area (Å²) in [6.07, 6.45) is 6.63. The second-order valence-corrected chi connectivity index (χ2v) is 8.07. The van der Waals surface area contributed by atoms with Crippen LogP contribution in [0.15, 0.2) is 17.2 Å². The molecule has 110 valence electrons. The molecule has 0 unspecified atom stereocenters. The van der Waals surface area contributed by atoms with Gasteiger partial charge in [-0.2, -0.15) is 0 Å². The molecular formula is C13H16ClNO4S. The van der Waals surface area contributed by atoms with Gasteiger partial charge in [0.25, 0.3) is 9.05 Å². The first-order valence-corrected chi connectivity index (χ1v) is 9.10. The van der Waals surface area contributed by atoms with E-state index in [-0.39, 0.29) is 16.6 Å². The van der Waals surface area contributed by atoms with E-state index < -0.39 is 15.0 Å². The maximum absolute atomic E-state index is 12.1. The molecule has 3 rings (SSSR count). The van der Waals surface area contributed by atoms with Gasteiger partial charge >= 0.3 is 5.97 Å². The fraction of sp³-hybridized carbons (Fsp3) is 0.615. The molecule has 2 aliphatic rings. The Balaban J connectivity index is 1.75. The number of esters is 1. The van der Waals surface area contributed by atoms with Crippen LogP contribution in [-0.2, 0) is 13.8 Å². The van der Waals surface area contributed by atoms with Gasteiger partial charge in [-0.15, -0.1) is 0 Å². The van der Waals surface area contributed by atoms with E-state index in [1.807, 2.05) is 0 Å². The number of halogens is 1. The van der Waals surface area contributed by atoms with Crippen LogP contribution < -0.4 is 0 Å². The molecule has 0 bridgehead atoms. The Kier molecular flexibility index (Phi) is 3.54. The maximum atomic E-state index is 12.1. The average molecular weight is 318 g/mol. The largest absolute Gasteiger partial charge is 0.461 e. The van der Waals surface area contributed by atoms with Gasteiger partial charge in [0.05, 0.1) is 6.61 Å². The van der Waals surface area contributed by atoms with E-state index in [9.17, 15) is 13.2 Å². The fourth-order valence-corrected chi connectivity index (χ4v) is 2.95. The first-order chi connectivity index (χ1) is 9.45. The second-order valence-electron chi connectivity index (χ2n) is 5.51. The molecule has 0 atom stereocenters. The van der Waals surface area contributed by atoms with Crippen LogP contribution in [0.5, 0.6) is 0 Å². The highest BCUT2D eigenvalue weighted by Gasteiger charge is 2.31. The predicted octanol–water partition coefficient (Wildman–Crippen LogP) is 2.71. The molecule has 2 aliphatic carbocycles. The monoisotopic (exact) mass is 317 g/mol. The van der Waals surface area contributed by atoms with Crippen LogP contribution >= 0.6 is 10.7 Å². The van der Waals surface area contributed by atoms with E-state index in [0.717, 1.165) is 19.3 Å². The van der Waals surface area contributed by atoms with E-state index >= 15 is 0 Å². The van der Waals surface area contributed by atoms with E-state index in [0.29, 0.717) is 12.5 Å². The van der Waals surface area contributed by atoms with Gasteiger partial charge in [-0.05, 0) is 31.2 Å². The number of ether oxygens (including phenoxy) is 1. The fourth-order valence-electron chi connectivity index (χ4n) is 2.20. The molecule has 1 heterocycles. The Bertz CT molecular complexity index is 629. The van der Waals surface area contributed by atoms with Gasteiger partial charge in [0.2, 0.25) is 0 Å². The lowest BCUT2D eigenvalue weighted by molar-refractivity contribution is 0.0482. The van der Waals surface area contributed by atoms with Crippen molar-refractivity contribution in [2.75, 3.05) is 6.61 Å². The Morgan fingerprint density at radius 3 is 2.60 bits per heavy atom. The lowest BCUT2D eigenvalue weighted by atomic mass is 10.3. The van der Waals surface area contributed by atoms with Crippen molar-refractivity contribution in [3.63, 3.8) is 0 Å². The van der Waals surface area contributed by atoms with Crippen LogP contribution in [-0.4, -0.2) is 25.6 Å². The number of rotatable bonds is 6. The maximum Gasteiger partial charge on any atom is 0.354 e. The van der Waals surface area contributed by atoms with Crippen molar-refractivity contribution in [3.8, 4) is 0 Å². The molecular weight excluding hydrogens is 302 g/mol. The molecule has 0 saturated heterocycles. The summed E-state index contributed by atoms with van der Waals surface area (Å²) in [5.41, 5.74) is 0.280. The van der Waals surface area contributed by atoms with Gasteiger partial charge in [-0.25, -0.2) is 13.2 Å². The number of nitrogens with zero attached hydrogens (tertiary/aromatic N) is 1. The highest BCUT2D eigenvalue weighted by Crippen LogP contribution is 2.38. The molecule has 0 N–H and O–H groups in total. The minimum absolute atomic E-state index is 0.0415. The zero-order valence-corrected chi connectivity index (χ0v) is 12.5. The number of hydrogen-bond acceptors (Lipinski definition) is 4. The first-order valence-electron chi connectivity index (χ1n) is 6.79. The highest BCUT2D eigenvalue weighted by molar-refractivity contribution is 8.13. The molecule has 2 fully saturated rings. The van der Waals surface area contributed by atoms with E-state index in [1.165, 1.54) is 25.1 Å². The Morgan fingerprint density at radius 2 is 2.05 bits per heavy atom. The molecule has 2 saturated carbocycles. The molecule has 5 nitrogen and oxygen atoms in total. The molecule has 0 aromatic carbocycles. The van der Waals surface area contributed by atoms with Crippen LogP contribution in [0.3, 0.4) is 0 Å². The minimum Gasteiger partial charge on any atom is -0.461 e. The predicted molar refractivity (Wildman–Crippen MR) is 73.4 cm³/mol. The van der Waals surface area contributed by atoms with Crippen molar-refractivity contribution in [2.24, 2.45) is 5.92 Å². The summed E-state index contributed by atoms with van der Waals surface area (Å²) < 4.78 is 29.7. The molecule has 0 spiro atoms. The lowest BCUT2D eigenvalue weighted by Crippen LogP contribution is -2.12. The van der Waals surface area contributed by atoms with Gasteiger partial charge in [0.1, 0.15) is 10.6 Å². The van der Waals surface area contributed by atoms with Gasteiger partial charge in [0, 0.05) is 22.9 Å². The summed E-state index contributed by atoms with van der Waals surface area (Å²) >= 11 is 0. The second kappa shape index (κ2) is 5.07. The van der Waals surface area contributed by atoms with E-state index in [4.69, 9.17) is 15.4 Å². The van der Waals surface area contributed by atoms with E-state index in [2.05, 4.69) is 0 Å².